The van der Waals surface area contributed by atoms with Crippen LogP contribution in [-0.4, -0.2) is 114 Å². The number of carbonyl (C=O) groups excluding carboxylic acids is 8. The lowest BCUT2D eigenvalue weighted by molar-refractivity contribution is -0.136. The van der Waals surface area contributed by atoms with Gasteiger partial charge < -0.3 is 65.5 Å². The van der Waals surface area contributed by atoms with Gasteiger partial charge in [-0.1, -0.05) is 110 Å². The Morgan fingerprint density at radius 2 is 0.961 bits per heavy atom. The van der Waals surface area contributed by atoms with Crippen molar-refractivity contribution in [2.45, 2.75) is 169 Å². The summed E-state index contributed by atoms with van der Waals surface area (Å²) < 4.78 is 0. The van der Waals surface area contributed by atoms with Crippen molar-refractivity contribution in [1.29, 1.82) is 5.41 Å². The molecular formula is C54H88N14O8. The Kier molecular flexibility index (Phi) is 28.9. The van der Waals surface area contributed by atoms with Crippen molar-refractivity contribution in [1.82, 2.24) is 42.5 Å². The van der Waals surface area contributed by atoms with Crippen molar-refractivity contribution in [2.24, 2.45) is 51.6 Å². The van der Waals surface area contributed by atoms with Gasteiger partial charge in [-0.25, -0.2) is 0 Å². The highest BCUT2D eigenvalue weighted by Gasteiger charge is 2.35. The van der Waals surface area contributed by atoms with Crippen LogP contribution in [0.25, 0.3) is 0 Å². The van der Waals surface area contributed by atoms with Gasteiger partial charge in [-0.15, -0.1) is 0 Å². The second-order valence-electron chi connectivity index (χ2n) is 20.9. The third-order valence-corrected chi connectivity index (χ3v) is 12.1. The van der Waals surface area contributed by atoms with Crippen molar-refractivity contribution >= 4 is 59.1 Å². The molecule has 17 N–H and O–H groups in total. The molecule has 2 rings (SSSR count). The monoisotopic (exact) mass is 1060 g/mol. The number of hydrogen-bond donors (Lipinski definition) is 13. The first kappa shape index (κ1) is 65.0. The molecule has 0 aliphatic rings. The second kappa shape index (κ2) is 33.7. The van der Waals surface area contributed by atoms with Crippen molar-refractivity contribution < 1.29 is 38.4 Å². The Bertz CT molecular complexity index is 2240. The first-order valence-corrected chi connectivity index (χ1v) is 26.4. The van der Waals surface area contributed by atoms with Gasteiger partial charge in [-0.2, -0.15) is 0 Å². The van der Waals surface area contributed by atoms with Gasteiger partial charge in [-0.3, -0.25) is 48.8 Å². The Balaban J connectivity index is 2.42. The molecule has 0 aliphatic carbocycles. The molecule has 0 fully saturated rings. The summed E-state index contributed by atoms with van der Waals surface area (Å²) in [6.07, 6.45) is 2.28. The number of amides is 8. The van der Waals surface area contributed by atoms with E-state index in [-0.39, 0.29) is 81.2 Å². The van der Waals surface area contributed by atoms with Crippen LogP contribution in [0, 0.1) is 29.1 Å². The minimum Gasteiger partial charge on any atom is -0.384 e. The van der Waals surface area contributed by atoms with Crippen molar-refractivity contribution in [3.05, 3.63) is 71.3 Å². The van der Waals surface area contributed by atoms with E-state index in [9.17, 15) is 38.4 Å². The highest BCUT2D eigenvalue weighted by Crippen LogP contribution is 2.14. The van der Waals surface area contributed by atoms with E-state index in [0.29, 0.717) is 31.4 Å². The van der Waals surface area contributed by atoms with Crippen LogP contribution in [-0.2, 0) is 51.3 Å². The average Bonchev–Trinajstić information content (AvgIpc) is 3.34. The molecule has 7 atom stereocenters. The number of guanidine groups is 1. The molecule has 0 saturated heterocycles. The molecule has 0 aromatic heterocycles. The molecule has 22 heteroatoms. The largest absolute Gasteiger partial charge is 0.384 e. The fourth-order valence-electron chi connectivity index (χ4n) is 8.20. The highest BCUT2D eigenvalue weighted by atomic mass is 16.2. The van der Waals surface area contributed by atoms with Crippen molar-refractivity contribution in [2.75, 3.05) is 13.1 Å². The third kappa shape index (κ3) is 25.0. The summed E-state index contributed by atoms with van der Waals surface area (Å²) in [6.45, 7) is 16.6. The van der Waals surface area contributed by atoms with Crippen molar-refractivity contribution in [3.8, 4) is 0 Å². The summed E-state index contributed by atoms with van der Waals surface area (Å²) in [7, 11) is 0. The Morgan fingerprint density at radius 1 is 0.513 bits per heavy atom. The van der Waals surface area contributed by atoms with Crippen LogP contribution in [0.15, 0.2) is 59.6 Å². The van der Waals surface area contributed by atoms with E-state index in [1.807, 2.05) is 47.6 Å². The summed E-state index contributed by atoms with van der Waals surface area (Å²) in [4.78, 5) is 115. The van der Waals surface area contributed by atoms with Crippen LogP contribution in [0.4, 0.5) is 0 Å². The van der Waals surface area contributed by atoms with Gasteiger partial charge in [0, 0.05) is 32.0 Å². The number of nitrogens with two attached hydrogens (primary N) is 4. The topological polar surface area (TPSA) is 373 Å². The van der Waals surface area contributed by atoms with E-state index in [1.54, 1.807) is 62.4 Å². The predicted molar refractivity (Wildman–Crippen MR) is 295 cm³/mol. The van der Waals surface area contributed by atoms with Gasteiger partial charge in [0.15, 0.2) is 5.96 Å². The summed E-state index contributed by atoms with van der Waals surface area (Å²) in [5, 5.41) is 30.0. The highest BCUT2D eigenvalue weighted by molar-refractivity contribution is 5.98. The maximum Gasteiger partial charge on any atom is 0.243 e. The minimum absolute atomic E-state index is 0.0150. The van der Waals surface area contributed by atoms with Crippen LogP contribution >= 0.6 is 0 Å². The Morgan fingerprint density at radius 3 is 1.43 bits per heavy atom. The van der Waals surface area contributed by atoms with Crippen LogP contribution in [0.3, 0.4) is 0 Å². The van der Waals surface area contributed by atoms with E-state index in [2.05, 4.69) is 47.5 Å². The molecule has 0 heterocycles. The zero-order valence-corrected chi connectivity index (χ0v) is 46.1. The van der Waals surface area contributed by atoms with E-state index >= 15 is 0 Å². The van der Waals surface area contributed by atoms with Crippen LogP contribution in [0.1, 0.15) is 130 Å². The number of benzene rings is 2. The standard InChI is InChI=1S/C54H88N14O8/c1-31(2)26-41(62-35(9)69)49(72)67-44(29-36-16-11-10-12-17-36)52(75)66-43(28-33(5)6)51(74)65-42(27-32(3)4)50(73)63-40(19-15-25-60-54(58)59)48(71)68-45(34(7)8)53(76)64-39(18-13-14-24-55)47(70)61-30-37-20-22-38(23-21-37)46(56)57/h10-12,16-17,20-23,31-34,39-45H,13-15,18-19,24-30,55H2,1-9H3,(H3,56,57)(H,61,70)(H,62,69)(H,63,73)(H,64,76)(H,65,74)(H,66,75)(H,67,72)(H,68,71)(H4,58,59,60)/t39-,40-,41-,42-,43-,44-,45-/m0/s1. The molecule has 76 heavy (non-hydrogen) atoms. The molecule has 0 bridgehead atoms. The molecule has 2 aromatic carbocycles. The van der Waals surface area contributed by atoms with Crippen LogP contribution in [0.5, 0.6) is 0 Å². The molecule has 0 spiro atoms. The lowest BCUT2D eigenvalue weighted by Gasteiger charge is -2.29. The zero-order valence-electron chi connectivity index (χ0n) is 46.1. The van der Waals surface area contributed by atoms with Gasteiger partial charge in [0.25, 0.3) is 0 Å². The first-order chi connectivity index (χ1) is 35.8. The molecule has 8 amide bonds. The number of nitrogens with zero attached hydrogens (tertiary/aromatic N) is 1. The molecular weight excluding hydrogens is 973 g/mol. The number of aliphatic imine (C=N–C) groups is 1. The number of amidine groups is 1. The van der Waals surface area contributed by atoms with E-state index in [0.717, 1.165) is 11.1 Å². The van der Waals surface area contributed by atoms with Crippen molar-refractivity contribution in [3.63, 3.8) is 0 Å². The number of carbonyl (C=O) groups is 8. The minimum atomic E-state index is -1.26. The second-order valence-corrected chi connectivity index (χ2v) is 20.9. The molecule has 0 unspecified atom stereocenters. The summed E-state index contributed by atoms with van der Waals surface area (Å²) >= 11 is 0. The van der Waals surface area contributed by atoms with Gasteiger partial charge >= 0.3 is 0 Å². The van der Waals surface area contributed by atoms with Crippen LogP contribution in [0.2, 0.25) is 0 Å². The Hall–Kier alpha value is -7.10. The molecule has 422 valence electrons. The van der Waals surface area contributed by atoms with E-state index in [4.69, 9.17) is 28.3 Å². The molecule has 22 nitrogen and oxygen atoms in total. The maximum absolute atomic E-state index is 14.4. The lowest BCUT2D eigenvalue weighted by Crippen LogP contribution is -2.61. The SMILES string of the molecule is CC(=O)N[C@@H](CC(C)C)C(=O)N[C@@H](Cc1ccccc1)C(=O)N[C@@H](CC(C)C)C(=O)N[C@@H](CC(C)C)C(=O)N[C@@H](CCCN=C(N)N)C(=O)N[C@H](C(=O)N[C@@H](CCCCN)C(=O)NCc1ccc(C(=N)N)cc1)C(C)C. The normalized spacial score (nSPS) is 14.0. The average molecular weight is 1060 g/mol. The fraction of sp³-hybridized carbons (Fsp3) is 0.593. The maximum atomic E-state index is 14.4. The quantitative estimate of drug-likeness (QED) is 0.0267. The summed E-state index contributed by atoms with van der Waals surface area (Å²) in [6, 6.07) is 7.95. The third-order valence-electron chi connectivity index (χ3n) is 12.1. The first-order valence-electron chi connectivity index (χ1n) is 26.4. The number of nitrogen functional groups attached to an aromatic ring is 1. The smallest absolute Gasteiger partial charge is 0.243 e. The van der Waals surface area contributed by atoms with Gasteiger partial charge in [0.05, 0.1) is 0 Å². The fourth-order valence-corrected chi connectivity index (χ4v) is 8.20. The van der Waals surface area contributed by atoms with E-state index < -0.39 is 95.5 Å². The van der Waals surface area contributed by atoms with Crippen LogP contribution < -0.4 is 65.5 Å². The number of nitrogens with one attached hydrogen (secondary N) is 9. The molecule has 0 aliphatic heterocycles. The molecule has 0 radical (unpaired) electrons. The molecule has 2 aromatic rings. The van der Waals surface area contributed by atoms with Gasteiger partial charge in [0.2, 0.25) is 47.3 Å². The Labute approximate surface area is 448 Å². The van der Waals surface area contributed by atoms with Gasteiger partial charge in [0.1, 0.15) is 48.1 Å². The van der Waals surface area contributed by atoms with Gasteiger partial charge in [-0.05, 0) is 92.7 Å². The lowest BCUT2D eigenvalue weighted by atomic mass is 9.98. The number of unbranched alkanes of at least 4 members (excludes halogenated alkanes) is 1. The molecule has 0 saturated carbocycles. The summed E-state index contributed by atoms with van der Waals surface area (Å²) in [5.41, 5.74) is 24.5. The zero-order chi connectivity index (χ0) is 57.1. The summed E-state index contributed by atoms with van der Waals surface area (Å²) in [5.74, 6) is -5.81. The predicted octanol–water partition coefficient (Wildman–Crippen LogP) is 1.22. The number of rotatable bonds is 34. The number of hydrogen-bond acceptors (Lipinski definition) is 11. The van der Waals surface area contributed by atoms with E-state index in [1.165, 1.54) is 6.92 Å².